The lowest BCUT2D eigenvalue weighted by Crippen LogP contribution is -2.20. The molecule has 1 aromatic heterocycles. The first-order valence-electron chi connectivity index (χ1n) is 9.04. The fraction of sp³-hybridized carbons (Fsp3) is 0.0909. The number of aryl methyl sites for hydroxylation is 1. The Hall–Kier alpha value is -2.80. The number of benzene rings is 3. The summed E-state index contributed by atoms with van der Waals surface area (Å²) in [4.78, 5) is 16.7. The number of rotatable bonds is 5. The zero-order valence-electron chi connectivity index (χ0n) is 16.0. The molecule has 4 rings (SSSR count). The predicted octanol–water partition coefficient (Wildman–Crippen LogP) is 6.92. The predicted molar refractivity (Wildman–Crippen MR) is 120 cm³/mol. The van der Waals surface area contributed by atoms with E-state index in [1.165, 1.54) is 18.2 Å². The molecule has 1 heterocycles. The van der Waals surface area contributed by atoms with E-state index < -0.39 is 5.82 Å². The Morgan fingerprint density at radius 2 is 1.90 bits per heavy atom. The molecule has 1 N–H and O–H groups in total. The van der Waals surface area contributed by atoms with Crippen LogP contribution in [0.1, 0.15) is 5.56 Å². The number of hydrogen-bond donors (Lipinski definition) is 1. The maximum Gasteiger partial charge on any atom is 0.262 e. The van der Waals surface area contributed by atoms with Crippen molar-refractivity contribution in [3.05, 3.63) is 75.0 Å². The third-order valence-electron chi connectivity index (χ3n) is 4.37. The lowest BCUT2D eigenvalue weighted by Gasteiger charge is -2.11. The molecule has 0 saturated heterocycles. The number of ether oxygens (including phenoxy) is 1. The van der Waals surface area contributed by atoms with Crippen LogP contribution < -0.4 is 10.1 Å². The third-order valence-corrected chi connectivity index (χ3v) is 5.19. The Bertz CT molecular complexity index is 1280. The smallest absolute Gasteiger partial charge is 0.262 e. The van der Waals surface area contributed by atoms with E-state index in [2.05, 4.69) is 10.3 Å². The molecule has 0 aliphatic carbocycles. The van der Waals surface area contributed by atoms with Crippen molar-refractivity contribution in [2.24, 2.45) is 0 Å². The number of oxazole rings is 1. The van der Waals surface area contributed by atoms with E-state index in [0.29, 0.717) is 38.1 Å². The summed E-state index contributed by atoms with van der Waals surface area (Å²) in [6, 6.07) is 12.2. The van der Waals surface area contributed by atoms with Crippen molar-refractivity contribution < 1.29 is 18.3 Å². The van der Waals surface area contributed by atoms with Crippen LogP contribution in [0.4, 0.5) is 10.1 Å². The minimum atomic E-state index is -0.452. The van der Waals surface area contributed by atoms with Crippen LogP contribution in [0, 0.1) is 12.7 Å². The van der Waals surface area contributed by atoms with Gasteiger partial charge in [-0.2, -0.15) is 0 Å². The number of anilines is 1. The molecule has 0 fully saturated rings. The lowest BCUT2D eigenvalue weighted by molar-refractivity contribution is -0.118. The molecule has 9 heteroatoms. The molecule has 5 nitrogen and oxygen atoms in total. The maximum absolute atomic E-state index is 13.3. The van der Waals surface area contributed by atoms with Gasteiger partial charge in [0.25, 0.3) is 5.91 Å². The second kappa shape index (κ2) is 8.75. The van der Waals surface area contributed by atoms with Gasteiger partial charge < -0.3 is 14.5 Å². The number of carbonyl (C=O) groups excluding carboxylic acids is 1. The number of aromatic nitrogens is 1. The largest absolute Gasteiger partial charge is 0.482 e. The van der Waals surface area contributed by atoms with Crippen LogP contribution in [-0.2, 0) is 4.79 Å². The molecule has 0 aliphatic rings. The van der Waals surface area contributed by atoms with E-state index in [-0.39, 0.29) is 23.4 Å². The number of amides is 1. The molecular formula is C22H14Cl3FN2O3. The quantitative estimate of drug-likeness (QED) is 0.337. The minimum absolute atomic E-state index is 0.188. The summed E-state index contributed by atoms with van der Waals surface area (Å²) in [5.41, 5.74) is 2.69. The first kappa shape index (κ1) is 21.4. The summed E-state index contributed by atoms with van der Waals surface area (Å²) in [6.45, 7) is 1.55. The Labute approximate surface area is 191 Å². The van der Waals surface area contributed by atoms with E-state index in [0.717, 1.165) is 5.56 Å². The highest BCUT2D eigenvalue weighted by Gasteiger charge is 2.14. The number of nitrogens with zero attached hydrogens (tertiary/aromatic N) is 1. The molecular weight excluding hydrogens is 466 g/mol. The molecule has 0 bridgehead atoms. The highest BCUT2D eigenvalue weighted by molar-refractivity contribution is 6.35. The van der Waals surface area contributed by atoms with Gasteiger partial charge >= 0.3 is 0 Å². The van der Waals surface area contributed by atoms with Crippen LogP contribution >= 0.6 is 34.8 Å². The number of nitrogens with one attached hydrogen (secondary N) is 1. The first-order chi connectivity index (χ1) is 14.8. The summed E-state index contributed by atoms with van der Waals surface area (Å²) in [7, 11) is 0. The van der Waals surface area contributed by atoms with Crippen LogP contribution in [0.2, 0.25) is 15.1 Å². The van der Waals surface area contributed by atoms with Gasteiger partial charge in [0.15, 0.2) is 12.2 Å². The average molecular weight is 480 g/mol. The van der Waals surface area contributed by atoms with E-state index in [9.17, 15) is 9.18 Å². The van der Waals surface area contributed by atoms with E-state index in [1.54, 1.807) is 37.3 Å². The first-order valence-corrected chi connectivity index (χ1v) is 10.2. The molecule has 0 radical (unpaired) electrons. The molecule has 4 aromatic rings. The zero-order valence-corrected chi connectivity index (χ0v) is 18.3. The summed E-state index contributed by atoms with van der Waals surface area (Å²) in [5.74, 6) is -0.184. The zero-order chi connectivity index (χ0) is 22.1. The topological polar surface area (TPSA) is 64.4 Å². The van der Waals surface area contributed by atoms with Gasteiger partial charge in [-0.15, -0.1) is 0 Å². The van der Waals surface area contributed by atoms with Crippen molar-refractivity contribution in [1.82, 2.24) is 4.98 Å². The number of hydrogen-bond acceptors (Lipinski definition) is 4. The molecule has 3 aromatic carbocycles. The Morgan fingerprint density at radius 3 is 2.65 bits per heavy atom. The van der Waals surface area contributed by atoms with Gasteiger partial charge in [-0.3, -0.25) is 4.79 Å². The van der Waals surface area contributed by atoms with Crippen molar-refractivity contribution in [2.75, 3.05) is 11.9 Å². The van der Waals surface area contributed by atoms with E-state index >= 15 is 0 Å². The lowest BCUT2D eigenvalue weighted by atomic mass is 10.2. The van der Waals surface area contributed by atoms with Gasteiger partial charge in [-0.25, -0.2) is 9.37 Å². The number of fused-ring (bicyclic) bond motifs is 1. The van der Waals surface area contributed by atoms with Crippen LogP contribution in [0.25, 0.3) is 22.6 Å². The van der Waals surface area contributed by atoms with Crippen LogP contribution in [0.3, 0.4) is 0 Å². The fourth-order valence-corrected chi connectivity index (χ4v) is 3.89. The Balaban J connectivity index is 1.48. The summed E-state index contributed by atoms with van der Waals surface area (Å²) >= 11 is 18.1. The molecule has 0 saturated carbocycles. The second-order valence-electron chi connectivity index (χ2n) is 6.70. The van der Waals surface area contributed by atoms with Crippen LogP contribution in [-0.4, -0.2) is 17.5 Å². The standard InChI is InChI=1S/C22H14Cl3FN2O3/c1-11-6-12(23)7-17(25)21(11)30-10-20(29)27-14-3-5-19-18(9-14)28-22(31-19)15-4-2-13(26)8-16(15)24/h2-9H,10H2,1H3,(H,27,29). The van der Waals surface area contributed by atoms with Crippen LogP contribution in [0.5, 0.6) is 5.75 Å². The van der Waals surface area contributed by atoms with Gasteiger partial charge in [-0.1, -0.05) is 34.8 Å². The molecule has 1 amide bonds. The van der Waals surface area contributed by atoms with Gasteiger partial charge in [-0.05, 0) is 61.0 Å². The van der Waals surface area contributed by atoms with Crippen molar-refractivity contribution in [3.8, 4) is 17.2 Å². The van der Waals surface area contributed by atoms with Crippen molar-refractivity contribution in [1.29, 1.82) is 0 Å². The Kier molecular flexibility index (Phi) is 6.05. The van der Waals surface area contributed by atoms with Crippen molar-refractivity contribution in [2.45, 2.75) is 6.92 Å². The minimum Gasteiger partial charge on any atom is -0.482 e. The third kappa shape index (κ3) is 4.77. The highest BCUT2D eigenvalue weighted by atomic mass is 35.5. The monoisotopic (exact) mass is 478 g/mol. The summed E-state index contributed by atoms with van der Waals surface area (Å²) in [6.07, 6.45) is 0. The molecule has 0 spiro atoms. The van der Waals surface area contributed by atoms with Crippen molar-refractivity contribution >= 4 is 57.5 Å². The van der Waals surface area contributed by atoms with Crippen LogP contribution in [0.15, 0.2) is 52.9 Å². The van der Waals surface area contributed by atoms with Gasteiger partial charge in [0.05, 0.1) is 15.6 Å². The molecule has 0 atom stereocenters. The number of halogens is 4. The molecule has 31 heavy (non-hydrogen) atoms. The van der Waals surface area contributed by atoms with Gasteiger partial charge in [0, 0.05) is 10.7 Å². The highest BCUT2D eigenvalue weighted by Crippen LogP contribution is 2.33. The second-order valence-corrected chi connectivity index (χ2v) is 7.95. The summed E-state index contributed by atoms with van der Waals surface area (Å²) in [5, 5.41) is 3.74. The Morgan fingerprint density at radius 1 is 1.10 bits per heavy atom. The average Bonchev–Trinajstić information content (AvgIpc) is 3.10. The normalized spacial score (nSPS) is 11.0. The maximum atomic E-state index is 13.3. The van der Waals surface area contributed by atoms with E-state index in [1.807, 2.05) is 0 Å². The number of carbonyl (C=O) groups is 1. The van der Waals surface area contributed by atoms with Crippen molar-refractivity contribution in [3.63, 3.8) is 0 Å². The molecule has 158 valence electrons. The summed E-state index contributed by atoms with van der Waals surface area (Å²) < 4.78 is 24.5. The van der Waals surface area contributed by atoms with Gasteiger partial charge in [0.1, 0.15) is 17.1 Å². The van der Waals surface area contributed by atoms with Gasteiger partial charge in [0.2, 0.25) is 5.89 Å². The SMILES string of the molecule is Cc1cc(Cl)cc(Cl)c1OCC(=O)Nc1ccc2oc(-c3ccc(F)cc3Cl)nc2c1. The molecule has 0 aliphatic heterocycles. The fourth-order valence-electron chi connectivity index (χ4n) is 2.99. The van der Waals surface area contributed by atoms with E-state index in [4.69, 9.17) is 44.0 Å². The molecule has 0 unspecified atom stereocenters.